The molecule has 0 aliphatic carbocycles. The van der Waals surface area contributed by atoms with Gasteiger partial charge in [0.1, 0.15) is 0 Å². The Hall–Kier alpha value is -0.0300. The molecule has 1 heterocycles. The Morgan fingerprint density at radius 2 is 1.80 bits per heavy atom. The van der Waals surface area contributed by atoms with E-state index in [1.807, 2.05) is 4.90 Å². The van der Waals surface area contributed by atoms with E-state index in [1.165, 1.54) is 0 Å². The van der Waals surface area contributed by atoms with Gasteiger partial charge in [-0.15, -0.1) is 24.8 Å². The number of carboxylic acids is 1. The average Bonchev–Trinajstić information content (AvgIpc) is 2.04. The summed E-state index contributed by atoms with van der Waals surface area (Å²) >= 11 is 0. The molecule has 0 bridgehead atoms. The summed E-state index contributed by atoms with van der Waals surface area (Å²) in [6, 6.07) is 0.630. The number of carboxylic acid groups (broad SMARTS) is 1. The Labute approximate surface area is 103 Å². The summed E-state index contributed by atoms with van der Waals surface area (Å²) in [5.41, 5.74) is 0. The molecule has 0 unspecified atom stereocenters. The van der Waals surface area contributed by atoms with Gasteiger partial charge in [0.25, 0.3) is 0 Å². The summed E-state index contributed by atoms with van der Waals surface area (Å²) in [6.45, 7) is 2.02. The van der Waals surface area contributed by atoms with Crippen LogP contribution in [0, 0.1) is 0 Å². The van der Waals surface area contributed by atoms with Crippen LogP contribution in [0.25, 0.3) is 0 Å². The topological polar surface area (TPSA) is 43.8 Å². The highest BCUT2D eigenvalue weighted by molar-refractivity contribution is 5.85. The minimum atomic E-state index is -0.719. The van der Waals surface area contributed by atoms with Crippen LogP contribution in [0.3, 0.4) is 0 Å². The molecule has 0 spiro atoms. The third-order valence-corrected chi connectivity index (χ3v) is 2.65. The van der Waals surface area contributed by atoms with Gasteiger partial charge in [-0.3, -0.25) is 9.69 Å². The predicted molar refractivity (Wildman–Crippen MR) is 65.3 cm³/mol. The molecule has 1 fully saturated rings. The molecule has 0 aromatic heterocycles. The summed E-state index contributed by atoms with van der Waals surface area (Å²) in [6.07, 6.45) is 2.17. The van der Waals surface area contributed by atoms with Crippen molar-refractivity contribution in [2.45, 2.75) is 18.9 Å². The highest BCUT2D eigenvalue weighted by atomic mass is 35.5. The number of rotatable bonds is 3. The van der Waals surface area contributed by atoms with Crippen LogP contribution in [0.4, 0.5) is 0 Å². The zero-order chi connectivity index (χ0) is 9.84. The number of carbonyl (C=O) groups is 1. The van der Waals surface area contributed by atoms with Crippen molar-refractivity contribution in [1.82, 2.24) is 9.80 Å². The molecule has 0 amide bonds. The van der Waals surface area contributed by atoms with Gasteiger partial charge in [0, 0.05) is 19.1 Å². The van der Waals surface area contributed by atoms with E-state index >= 15 is 0 Å². The monoisotopic (exact) mass is 258 g/mol. The van der Waals surface area contributed by atoms with Gasteiger partial charge in [-0.05, 0) is 26.9 Å². The van der Waals surface area contributed by atoms with Crippen LogP contribution in [0.1, 0.15) is 12.8 Å². The fourth-order valence-electron chi connectivity index (χ4n) is 1.79. The largest absolute Gasteiger partial charge is 0.480 e. The number of likely N-dealkylation sites (tertiary alicyclic amines) is 1. The van der Waals surface area contributed by atoms with Crippen molar-refractivity contribution >= 4 is 30.8 Å². The number of hydrogen-bond donors (Lipinski definition) is 1. The van der Waals surface area contributed by atoms with E-state index in [1.54, 1.807) is 0 Å². The van der Waals surface area contributed by atoms with Gasteiger partial charge in [0.15, 0.2) is 0 Å². The van der Waals surface area contributed by atoms with Crippen molar-refractivity contribution in [3.05, 3.63) is 0 Å². The lowest BCUT2D eigenvalue weighted by atomic mass is 10.0. The van der Waals surface area contributed by atoms with Crippen molar-refractivity contribution in [1.29, 1.82) is 0 Å². The Morgan fingerprint density at radius 3 is 2.13 bits per heavy atom. The molecule has 1 aliphatic heterocycles. The maximum Gasteiger partial charge on any atom is 0.317 e. The second kappa shape index (κ2) is 8.16. The van der Waals surface area contributed by atoms with Gasteiger partial charge in [0.2, 0.25) is 0 Å². The Morgan fingerprint density at radius 1 is 1.33 bits per heavy atom. The van der Waals surface area contributed by atoms with E-state index in [0.29, 0.717) is 6.04 Å². The van der Waals surface area contributed by atoms with E-state index in [0.717, 1.165) is 25.9 Å². The Bertz CT molecular complexity index is 183. The normalized spacial score (nSPS) is 18.1. The van der Waals surface area contributed by atoms with Crippen molar-refractivity contribution < 1.29 is 9.90 Å². The first kappa shape index (κ1) is 17.4. The highest BCUT2D eigenvalue weighted by Crippen LogP contribution is 2.13. The molecule has 0 aromatic carbocycles. The fourth-order valence-corrected chi connectivity index (χ4v) is 1.79. The smallest absolute Gasteiger partial charge is 0.317 e. The first-order chi connectivity index (χ1) is 6.09. The van der Waals surface area contributed by atoms with Crippen LogP contribution in [0.15, 0.2) is 0 Å². The molecular formula is C9H20Cl2N2O2. The maximum atomic E-state index is 10.4. The zero-order valence-corrected chi connectivity index (χ0v) is 10.8. The number of aliphatic carboxylic acids is 1. The Kier molecular flexibility index (Phi) is 9.45. The first-order valence-corrected chi connectivity index (χ1v) is 4.70. The summed E-state index contributed by atoms with van der Waals surface area (Å²) < 4.78 is 0. The fraction of sp³-hybridized carbons (Fsp3) is 0.889. The van der Waals surface area contributed by atoms with E-state index in [9.17, 15) is 4.79 Å². The van der Waals surface area contributed by atoms with E-state index < -0.39 is 5.97 Å². The third kappa shape index (κ3) is 6.20. The second-order valence-electron chi connectivity index (χ2n) is 3.86. The standard InChI is InChI=1S/C9H18N2O2.2ClH/c1-10(2)8-3-5-11(6-4-8)7-9(12)13;;/h8H,3-7H2,1-2H3,(H,12,13);2*1H. The molecule has 1 N–H and O–H groups in total. The molecular weight excluding hydrogens is 239 g/mol. The SMILES string of the molecule is CN(C)C1CCN(CC(=O)O)CC1.Cl.Cl. The van der Waals surface area contributed by atoms with Gasteiger partial charge >= 0.3 is 5.97 Å². The summed E-state index contributed by atoms with van der Waals surface area (Å²) in [5.74, 6) is -0.719. The van der Waals surface area contributed by atoms with Gasteiger partial charge in [0.05, 0.1) is 6.54 Å². The first-order valence-electron chi connectivity index (χ1n) is 4.70. The van der Waals surface area contributed by atoms with Gasteiger partial charge < -0.3 is 10.0 Å². The van der Waals surface area contributed by atoms with E-state index in [4.69, 9.17) is 5.11 Å². The quantitative estimate of drug-likeness (QED) is 0.819. The molecule has 1 rings (SSSR count). The molecule has 1 aliphatic rings. The van der Waals surface area contributed by atoms with Crippen LogP contribution in [0.5, 0.6) is 0 Å². The van der Waals surface area contributed by atoms with Gasteiger partial charge in [-0.2, -0.15) is 0 Å². The second-order valence-corrected chi connectivity index (χ2v) is 3.86. The lowest BCUT2D eigenvalue weighted by molar-refractivity contribution is -0.138. The average molecular weight is 259 g/mol. The summed E-state index contributed by atoms with van der Waals surface area (Å²) in [5, 5.41) is 8.59. The van der Waals surface area contributed by atoms with Crippen LogP contribution in [0.2, 0.25) is 0 Å². The molecule has 0 atom stereocenters. The van der Waals surface area contributed by atoms with Crippen molar-refractivity contribution in [3.63, 3.8) is 0 Å². The number of piperidine rings is 1. The third-order valence-electron chi connectivity index (χ3n) is 2.65. The van der Waals surface area contributed by atoms with Crippen molar-refractivity contribution in [2.24, 2.45) is 0 Å². The zero-order valence-electron chi connectivity index (χ0n) is 9.18. The Balaban J connectivity index is 0. The highest BCUT2D eigenvalue weighted by Gasteiger charge is 2.21. The number of nitrogens with zero attached hydrogens (tertiary/aromatic N) is 2. The van der Waals surface area contributed by atoms with Gasteiger partial charge in [-0.1, -0.05) is 0 Å². The lowest BCUT2D eigenvalue weighted by Crippen LogP contribution is -2.43. The number of hydrogen-bond acceptors (Lipinski definition) is 3. The van der Waals surface area contributed by atoms with E-state index in [-0.39, 0.29) is 31.4 Å². The number of halogens is 2. The van der Waals surface area contributed by atoms with Crippen molar-refractivity contribution in [3.8, 4) is 0 Å². The lowest BCUT2D eigenvalue weighted by Gasteiger charge is -2.34. The molecule has 1 saturated heterocycles. The molecule has 15 heavy (non-hydrogen) atoms. The van der Waals surface area contributed by atoms with Gasteiger partial charge in [-0.25, -0.2) is 0 Å². The molecule has 0 radical (unpaired) electrons. The minimum absolute atomic E-state index is 0. The predicted octanol–water partition coefficient (Wildman–Crippen LogP) is 0.941. The summed E-state index contributed by atoms with van der Waals surface area (Å²) in [7, 11) is 4.16. The van der Waals surface area contributed by atoms with E-state index in [2.05, 4.69) is 19.0 Å². The molecule has 92 valence electrons. The van der Waals surface area contributed by atoms with Crippen LogP contribution in [-0.2, 0) is 4.79 Å². The molecule has 6 heteroatoms. The maximum absolute atomic E-state index is 10.4. The summed E-state index contributed by atoms with van der Waals surface area (Å²) in [4.78, 5) is 14.7. The van der Waals surface area contributed by atoms with Crippen LogP contribution in [-0.4, -0.2) is 60.6 Å². The minimum Gasteiger partial charge on any atom is -0.480 e. The molecule has 4 nitrogen and oxygen atoms in total. The van der Waals surface area contributed by atoms with Crippen LogP contribution < -0.4 is 0 Å². The van der Waals surface area contributed by atoms with Crippen LogP contribution >= 0.6 is 24.8 Å². The molecule has 0 aromatic rings. The van der Waals surface area contributed by atoms with Crippen molar-refractivity contribution in [2.75, 3.05) is 33.7 Å². The molecule has 0 saturated carbocycles.